The largest absolute Gasteiger partial charge is 0.339 e. The summed E-state index contributed by atoms with van der Waals surface area (Å²) in [5, 5.41) is 0.298. The van der Waals surface area contributed by atoms with Crippen LogP contribution >= 0.6 is 11.6 Å². The van der Waals surface area contributed by atoms with E-state index in [1.807, 2.05) is 0 Å². The molecule has 0 spiro atoms. The van der Waals surface area contributed by atoms with Gasteiger partial charge >= 0.3 is 0 Å². The summed E-state index contributed by atoms with van der Waals surface area (Å²) in [6.07, 6.45) is 3.24. The van der Waals surface area contributed by atoms with Gasteiger partial charge in [-0.25, -0.2) is 21.8 Å². The Hall–Kier alpha value is -1.46. The van der Waals surface area contributed by atoms with Crippen molar-refractivity contribution in [2.75, 3.05) is 26.2 Å². The molecule has 1 aromatic heterocycles. The van der Waals surface area contributed by atoms with E-state index in [2.05, 4.69) is 4.98 Å². The summed E-state index contributed by atoms with van der Waals surface area (Å²) in [7, 11) is -5.79. The first-order valence-corrected chi connectivity index (χ1v) is 11.2. The van der Waals surface area contributed by atoms with Gasteiger partial charge in [0, 0.05) is 44.4 Å². The van der Waals surface area contributed by atoms with Crippen LogP contribution in [-0.2, 0) is 27.1 Å². The molecule has 0 radical (unpaired) electrons. The predicted molar refractivity (Wildman–Crippen MR) is 96.8 cm³/mol. The minimum Gasteiger partial charge on any atom is -0.339 e. The molecule has 0 saturated carbocycles. The van der Waals surface area contributed by atoms with E-state index >= 15 is 0 Å². The Morgan fingerprint density at radius 2 is 1.65 bits per heavy atom. The second-order valence-electron chi connectivity index (χ2n) is 6.00. The molecule has 3 rings (SSSR count). The quantitative estimate of drug-likeness (QED) is 0.742. The molecule has 0 N–H and O–H groups in total. The smallest absolute Gasteiger partial charge is 0.262 e. The summed E-state index contributed by atoms with van der Waals surface area (Å²) in [4.78, 5) is 4.01. The zero-order valence-electron chi connectivity index (χ0n) is 14.1. The van der Waals surface area contributed by atoms with E-state index < -0.39 is 20.0 Å². The zero-order chi connectivity index (χ0) is 18.9. The number of hydrogen-bond acceptors (Lipinski definition) is 5. The van der Waals surface area contributed by atoms with Gasteiger partial charge in [0.05, 0.1) is 11.2 Å². The Labute approximate surface area is 158 Å². The van der Waals surface area contributed by atoms with Crippen molar-refractivity contribution in [1.82, 2.24) is 18.2 Å². The molecule has 0 unspecified atom stereocenters. The Balaban J connectivity index is 1.80. The van der Waals surface area contributed by atoms with Gasteiger partial charge in [0.25, 0.3) is 10.0 Å². The predicted octanol–water partition coefficient (Wildman–Crippen LogP) is 1.16. The lowest BCUT2D eigenvalue weighted by molar-refractivity contribution is 0.403. The maximum absolute atomic E-state index is 12.8. The van der Waals surface area contributed by atoms with E-state index in [1.54, 1.807) is 23.7 Å². The van der Waals surface area contributed by atoms with E-state index in [0.717, 1.165) is 0 Å². The number of aryl methyl sites for hydroxylation is 1. The maximum atomic E-state index is 12.8. The first-order chi connectivity index (χ1) is 12.2. The molecule has 1 aromatic carbocycles. The lowest BCUT2D eigenvalue weighted by Crippen LogP contribution is -2.37. The number of hydrogen-bond donors (Lipinski definition) is 0. The number of sulfonamides is 2. The van der Waals surface area contributed by atoms with Gasteiger partial charge in [0.15, 0.2) is 5.03 Å². The molecule has 1 saturated heterocycles. The standard InChI is InChI=1S/C15H19ClN4O4S2/c1-18-11-15(17-12-18)26(23,24)20-7-3-6-19(8-9-20)25(21,22)14-5-2-4-13(16)10-14/h2,4-5,10-12H,3,6-9H2,1H3. The second-order valence-corrected chi connectivity index (χ2v) is 10.3. The number of nitrogens with zero attached hydrogens (tertiary/aromatic N) is 4. The number of aromatic nitrogens is 2. The molecule has 0 bridgehead atoms. The maximum Gasteiger partial charge on any atom is 0.262 e. The summed E-state index contributed by atoms with van der Waals surface area (Å²) in [6.45, 7) is 0.614. The number of benzene rings is 1. The summed E-state index contributed by atoms with van der Waals surface area (Å²) >= 11 is 5.90. The van der Waals surface area contributed by atoms with Crippen molar-refractivity contribution in [2.45, 2.75) is 16.3 Å². The van der Waals surface area contributed by atoms with Gasteiger partial charge in [0.1, 0.15) is 0 Å². The zero-order valence-corrected chi connectivity index (χ0v) is 16.5. The van der Waals surface area contributed by atoms with Crippen LogP contribution in [0.3, 0.4) is 0 Å². The fourth-order valence-electron chi connectivity index (χ4n) is 2.78. The molecule has 11 heteroatoms. The van der Waals surface area contributed by atoms with Crippen LogP contribution in [0, 0.1) is 0 Å². The molecule has 26 heavy (non-hydrogen) atoms. The van der Waals surface area contributed by atoms with E-state index in [1.165, 1.54) is 33.3 Å². The van der Waals surface area contributed by atoms with Gasteiger partial charge in [-0.05, 0) is 24.6 Å². The van der Waals surface area contributed by atoms with E-state index in [9.17, 15) is 16.8 Å². The highest BCUT2D eigenvalue weighted by molar-refractivity contribution is 7.89. The molecule has 142 valence electrons. The third kappa shape index (κ3) is 3.79. The molecule has 2 aromatic rings. The highest BCUT2D eigenvalue weighted by Gasteiger charge is 2.32. The van der Waals surface area contributed by atoms with Gasteiger partial charge in [0.2, 0.25) is 10.0 Å². The fraction of sp³-hybridized carbons (Fsp3) is 0.400. The lowest BCUT2D eigenvalue weighted by atomic mass is 10.4. The van der Waals surface area contributed by atoms with Crippen LogP contribution in [0.1, 0.15) is 6.42 Å². The normalized spacial score (nSPS) is 17.9. The van der Waals surface area contributed by atoms with Crippen LogP contribution in [0.5, 0.6) is 0 Å². The van der Waals surface area contributed by atoms with Crippen LogP contribution in [-0.4, -0.2) is 61.2 Å². The molecule has 1 fully saturated rings. The first-order valence-electron chi connectivity index (χ1n) is 7.95. The van der Waals surface area contributed by atoms with E-state index in [-0.39, 0.29) is 36.1 Å². The van der Waals surface area contributed by atoms with Gasteiger partial charge < -0.3 is 4.57 Å². The van der Waals surface area contributed by atoms with Crippen molar-refractivity contribution >= 4 is 31.6 Å². The average molecular weight is 419 g/mol. The van der Waals surface area contributed by atoms with Gasteiger partial charge in [-0.2, -0.15) is 8.61 Å². The van der Waals surface area contributed by atoms with E-state index in [4.69, 9.17) is 11.6 Å². The van der Waals surface area contributed by atoms with Crippen molar-refractivity contribution in [1.29, 1.82) is 0 Å². The number of halogens is 1. The van der Waals surface area contributed by atoms with Crippen LogP contribution in [0.25, 0.3) is 0 Å². The minimum atomic E-state index is -3.75. The van der Waals surface area contributed by atoms with Crippen molar-refractivity contribution in [2.24, 2.45) is 7.05 Å². The Morgan fingerprint density at radius 1 is 1.00 bits per heavy atom. The van der Waals surface area contributed by atoms with Crippen LogP contribution in [0.2, 0.25) is 5.02 Å². The van der Waals surface area contributed by atoms with Crippen molar-refractivity contribution in [3.8, 4) is 0 Å². The van der Waals surface area contributed by atoms with Crippen molar-refractivity contribution < 1.29 is 16.8 Å². The van der Waals surface area contributed by atoms with Crippen LogP contribution in [0.4, 0.5) is 0 Å². The molecule has 0 aliphatic carbocycles. The highest BCUT2D eigenvalue weighted by Crippen LogP contribution is 2.22. The topological polar surface area (TPSA) is 92.6 Å². The molecule has 1 aliphatic rings. The molecular weight excluding hydrogens is 400 g/mol. The SMILES string of the molecule is Cn1cnc(S(=O)(=O)N2CCCN(S(=O)(=O)c3cccc(Cl)c3)CC2)c1. The second kappa shape index (κ2) is 7.28. The molecule has 2 heterocycles. The molecular formula is C15H19ClN4O4S2. The summed E-state index contributed by atoms with van der Waals surface area (Å²) < 4.78 is 55.1. The van der Waals surface area contributed by atoms with Gasteiger partial charge in [-0.15, -0.1) is 0 Å². The monoisotopic (exact) mass is 418 g/mol. The summed E-state index contributed by atoms with van der Waals surface area (Å²) in [6, 6.07) is 6.05. The summed E-state index contributed by atoms with van der Waals surface area (Å²) in [5.41, 5.74) is 0. The van der Waals surface area contributed by atoms with Gasteiger partial charge in [-0.1, -0.05) is 17.7 Å². The highest BCUT2D eigenvalue weighted by atomic mass is 35.5. The molecule has 1 aliphatic heterocycles. The number of imidazole rings is 1. The molecule has 8 nitrogen and oxygen atoms in total. The Morgan fingerprint density at radius 3 is 2.23 bits per heavy atom. The number of rotatable bonds is 4. The lowest BCUT2D eigenvalue weighted by Gasteiger charge is -2.21. The average Bonchev–Trinajstić information content (AvgIpc) is 2.87. The Bertz CT molecular complexity index is 1000. The van der Waals surface area contributed by atoms with Gasteiger partial charge in [-0.3, -0.25) is 0 Å². The third-order valence-electron chi connectivity index (χ3n) is 4.13. The molecule has 0 amide bonds. The van der Waals surface area contributed by atoms with Crippen LogP contribution < -0.4 is 0 Å². The van der Waals surface area contributed by atoms with Crippen LogP contribution in [0.15, 0.2) is 46.7 Å². The fourth-order valence-corrected chi connectivity index (χ4v) is 5.99. The Kier molecular flexibility index (Phi) is 5.40. The third-order valence-corrected chi connectivity index (χ3v) is 8.05. The first kappa shape index (κ1) is 19.3. The molecule has 0 atom stereocenters. The summed E-state index contributed by atoms with van der Waals surface area (Å²) in [5.74, 6) is 0. The minimum absolute atomic E-state index is 0.0360. The van der Waals surface area contributed by atoms with Crippen molar-refractivity contribution in [3.63, 3.8) is 0 Å². The van der Waals surface area contributed by atoms with E-state index in [0.29, 0.717) is 11.4 Å². The van der Waals surface area contributed by atoms with Crippen molar-refractivity contribution in [3.05, 3.63) is 41.8 Å².